The van der Waals surface area contributed by atoms with E-state index < -0.39 is 0 Å². The zero-order valence-corrected chi connectivity index (χ0v) is 18.6. The molecule has 5 rings (SSSR count). The molecule has 0 spiro atoms. The second kappa shape index (κ2) is 8.97. The van der Waals surface area contributed by atoms with E-state index in [1.807, 2.05) is 6.07 Å². The standard InChI is InChI=1S/C25H32N2O4/c1-28-24-16-19-7-6-18(21(19)17-25(24)29-2)8-10-26-11-13-27(14-12-26)22-4-3-5-23-20(22)9-15-30-31-23/h3-5,16-18H,6-15H2,1-2H3. The van der Waals surface area contributed by atoms with Crippen LogP contribution in [-0.4, -0.2) is 58.5 Å². The number of ether oxygens (including phenoxy) is 2. The number of methoxy groups -OCH3 is 2. The van der Waals surface area contributed by atoms with Crippen LogP contribution in [-0.2, 0) is 17.7 Å². The second-order valence-electron chi connectivity index (χ2n) is 8.67. The van der Waals surface area contributed by atoms with Crippen LogP contribution < -0.4 is 19.3 Å². The number of benzene rings is 2. The van der Waals surface area contributed by atoms with Crippen LogP contribution in [0.15, 0.2) is 30.3 Å². The lowest BCUT2D eigenvalue weighted by Gasteiger charge is -2.38. The summed E-state index contributed by atoms with van der Waals surface area (Å²) in [7, 11) is 3.43. The first-order valence-corrected chi connectivity index (χ1v) is 11.4. The largest absolute Gasteiger partial charge is 0.493 e. The van der Waals surface area contributed by atoms with Crippen LogP contribution in [0.1, 0.15) is 35.4 Å². The number of fused-ring (bicyclic) bond motifs is 2. The van der Waals surface area contributed by atoms with Crippen LogP contribution in [0, 0.1) is 0 Å². The number of aryl methyl sites for hydroxylation is 1. The van der Waals surface area contributed by atoms with Crippen molar-refractivity contribution in [1.82, 2.24) is 4.90 Å². The summed E-state index contributed by atoms with van der Waals surface area (Å²) in [6.45, 7) is 6.10. The lowest BCUT2D eigenvalue weighted by molar-refractivity contribution is -0.215. The predicted molar refractivity (Wildman–Crippen MR) is 121 cm³/mol. The maximum absolute atomic E-state index is 5.54. The summed E-state index contributed by atoms with van der Waals surface area (Å²) in [6, 6.07) is 10.7. The number of piperazine rings is 1. The molecule has 0 saturated carbocycles. The van der Waals surface area contributed by atoms with Gasteiger partial charge in [0, 0.05) is 43.9 Å². The van der Waals surface area contributed by atoms with Gasteiger partial charge in [-0.05, 0) is 67.1 Å². The Morgan fingerprint density at radius 3 is 2.61 bits per heavy atom. The summed E-state index contributed by atoms with van der Waals surface area (Å²) < 4.78 is 11.0. The molecule has 2 aliphatic heterocycles. The molecule has 166 valence electrons. The molecule has 0 aromatic heterocycles. The van der Waals surface area contributed by atoms with Crippen molar-refractivity contribution in [2.24, 2.45) is 0 Å². The van der Waals surface area contributed by atoms with E-state index in [0.717, 1.165) is 62.8 Å². The molecule has 1 fully saturated rings. The number of hydrogen-bond donors (Lipinski definition) is 0. The summed E-state index contributed by atoms with van der Waals surface area (Å²) in [4.78, 5) is 15.6. The lowest BCUT2D eigenvalue weighted by atomic mass is 9.97. The third-order valence-corrected chi connectivity index (χ3v) is 7.05. The van der Waals surface area contributed by atoms with Gasteiger partial charge in [-0.25, -0.2) is 0 Å². The van der Waals surface area contributed by atoms with Crippen LogP contribution in [0.4, 0.5) is 5.69 Å². The Balaban J connectivity index is 1.18. The SMILES string of the molecule is COc1cc2c(cc1OC)C(CCN1CCN(c3cccc4c3CCOO4)CC1)CC2. The second-order valence-corrected chi connectivity index (χ2v) is 8.67. The van der Waals surface area contributed by atoms with Crippen molar-refractivity contribution in [2.45, 2.75) is 31.6 Å². The molecule has 1 aliphatic carbocycles. The van der Waals surface area contributed by atoms with Crippen LogP contribution >= 0.6 is 0 Å². The molecule has 2 aromatic rings. The highest BCUT2D eigenvalue weighted by atomic mass is 17.2. The number of hydrogen-bond acceptors (Lipinski definition) is 6. The van der Waals surface area contributed by atoms with Gasteiger partial charge >= 0.3 is 0 Å². The molecule has 1 saturated heterocycles. The van der Waals surface area contributed by atoms with Gasteiger partial charge in [0.05, 0.1) is 20.8 Å². The van der Waals surface area contributed by atoms with Crippen LogP contribution in [0.2, 0.25) is 0 Å². The van der Waals surface area contributed by atoms with Crippen molar-refractivity contribution >= 4 is 5.69 Å². The summed E-state index contributed by atoms with van der Waals surface area (Å²) in [6.07, 6.45) is 4.48. The molecule has 6 heteroatoms. The van der Waals surface area contributed by atoms with Crippen LogP contribution in [0.25, 0.3) is 0 Å². The Kier molecular flexibility index (Phi) is 5.92. The van der Waals surface area contributed by atoms with Gasteiger partial charge in [-0.15, -0.1) is 0 Å². The quantitative estimate of drug-likeness (QED) is 0.657. The van der Waals surface area contributed by atoms with E-state index in [9.17, 15) is 0 Å². The molecule has 0 radical (unpaired) electrons. The third kappa shape index (κ3) is 4.06. The molecule has 3 aliphatic rings. The first kappa shape index (κ1) is 20.5. The van der Waals surface area contributed by atoms with Crippen molar-refractivity contribution in [3.05, 3.63) is 47.0 Å². The van der Waals surface area contributed by atoms with E-state index in [4.69, 9.17) is 19.2 Å². The van der Waals surface area contributed by atoms with Gasteiger partial charge in [-0.2, -0.15) is 4.89 Å². The van der Waals surface area contributed by atoms with E-state index in [-0.39, 0.29) is 0 Å². The van der Waals surface area contributed by atoms with Crippen molar-refractivity contribution < 1.29 is 19.2 Å². The lowest BCUT2D eigenvalue weighted by Crippen LogP contribution is -2.47. The highest BCUT2D eigenvalue weighted by Gasteiger charge is 2.27. The Morgan fingerprint density at radius 1 is 1.00 bits per heavy atom. The monoisotopic (exact) mass is 424 g/mol. The average Bonchev–Trinajstić information content (AvgIpc) is 3.23. The van der Waals surface area contributed by atoms with E-state index in [1.54, 1.807) is 14.2 Å². The fraction of sp³-hybridized carbons (Fsp3) is 0.520. The van der Waals surface area contributed by atoms with E-state index >= 15 is 0 Å². The average molecular weight is 425 g/mol. The van der Waals surface area contributed by atoms with Crippen molar-refractivity contribution in [2.75, 3.05) is 58.5 Å². The number of nitrogens with zero attached hydrogens (tertiary/aromatic N) is 2. The topological polar surface area (TPSA) is 43.4 Å². The maximum atomic E-state index is 5.54. The fourth-order valence-electron chi connectivity index (χ4n) is 5.30. The summed E-state index contributed by atoms with van der Waals surface area (Å²) >= 11 is 0. The predicted octanol–water partition coefficient (Wildman–Crippen LogP) is 3.81. The van der Waals surface area contributed by atoms with E-state index in [0.29, 0.717) is 12.5 Å². The van der Waals surface area contributed by atoms with Gasteiger partial charge in [0.2, 0.25) is 0 Å². The van der Waals surface area contributed by atoms with Crippen molar-refractivity contribution in [1.29, 1.82) is 0 Å². The minimum atomic E-state index is 0.617. The molecule has 6 nitrogen and oxygen atoms in total. The van der Waals surface area contributed by atoms with Gasteiger partial charge in [0.25, 0.3) is 0 Å². The van der Waals surface area contributed by atoms with Gasteiger partial charge in [0.1, 0.15) is 0 Å². The molecule has 2 aromatic carbocycles. The van der Waals surface area contributed by atoms with Crippen molar-refractivity contribution in [3.63, 3.8) is 0 Å². The fourth-order valence-corrected chi connectivity index (χ4v) is 5.30. The third-order valence-electron chi connectivity index (χ3n) is 7.05. The maximum Gasteiger partial charge on any atom is 0.170 e. The number of rotatable bonds is 6. The van der Waals surface area contributed by atoms with Crippen LogP contribution in [0.3, 0.4) is 0 Å². The smallest absolute Gasteiger partial charge is 0.170 e. The first-order valence-electron chi connectivity index (χ1n) is 11.4. The minimum absolute atomic E-state index is 0.617. The highest BCUT2D eigenvalue weighted by molar-refractivity contribution is 5.60. The van der Waals surface area contributed by atoms with Gasteiger partial charge in [0.15, 0.2) is 17.2 Å². The Bertz CT molecular complexity index is 924. The number of anilines is 1. The summed E-state index contributed by atoms with van der Waals surface area (Å²) in [5, 5.41) is 0. The zero-order valence-electron chi connectivity index (χ0n) is 18.6. The molecule has 1 atom stereocenters. The molecule has 2 heterocycles. The minimum Gasteiger partial charge on any atom is -0.493 e. The molecule has 1 unspecified atom stereocenters. The van der Waals surface area contributed by atoms with Gasteiger partial charge < -0.3 is 19.3 Å². The molecule has 0 bridgehead atoms. The van der Waals surface area contributed by atoms with Gasteiger partial charge in [-0.3, -0.25) is 4.90 Å². The van der Waals surface area contributed by atoms with Crippen molar-refractivity contribution in [3.8, 4) is 17.2 Å². The Morgan fingerprint density at radius 2 is 1.81 bits per heavy atom. The van der Waals surface area contributed by atoms with Gasteiger partial charge in [-0.1, -0.05) is 6.07 Å². The Hall–Kier alpha value is -2.44. The Labute approximate surface area is 184 Å². The summed E-state index contributed by atoms with van der Waals surface area (Å²) in [5.74, 6) is 3.18. The normalized spacial score (nSPS) is 20.7. The molecule has 31 heavy (non-hydrogen) atoms. The molecule has 0 N–H and O–H groups in total. The first-order chi connectivity index (χ1) is 15.3. The zero-order chi connectivity index (χ0) is 21.2. The highest BCUT2D eigenvalue weighted by Crippen LogP contribution is 2.42. The van der Waals surface area contributed by atoms with Crippen LogP contribution in [0.5, 0.6) is 17.2 Å². The van der Waals surface area contributed by atoms with E-state index in [2.05, 4.69) is 34.1 Å². The molecule has 0 amide bonds. The molecular weight excluding hydrogens is 392 g/mol. The van der Waals surface area contributed by atoms with E-state index in [1.165, 1.54) is 35.2 Å². The molecular formula is C25H32N2O4. The summed E-state index contributed by atoms with van der Waals surface area (Å²) in [5.41, 5.74) is 5.47.